The van der Waals surface area contributed by atoms with E-state index >= 15 is 0 Å². The van der Waals surface area contributed by atoms with Crippen LogP contribution in [-0.2, 0) is 38.0 Å². The Morgan fingerprint density at radius 1 is 0.622 bits per heavy atom. The van der Waals surface area contributed by atoms with Crippen LogP contribution >= 0.6 is 0 Å². The van der Waals surface area contributed by atoms with E-state index in [-0.39, 0.29) is 34.1 Å². The Balaban J connectivity index is 1.05. The van der Waals surface area contributed by atoms with Crippen molar-refractivity contribution in [3.8, 4) is 34.5 Å². The largest absolute Gasteiger partial charge is 0.571 e. The molecule has 5 aliphatic rings. The van der Waals surface area contributed by atoms with Gasteiger partial charge in [-0.25, -0.2) is 4.79 Å². The van der Waals surface area contributed by atoms with Gasteiger partial charge in [0.2, 0.25) is 18.9 Å². The molecule has 20 atom stereocenters. The van der Waals surface area contributed by atoms with Crippen molar-refractivity contribution in [3.63, 3.8) is 0 Å². The van der Waals surface area contributed by atoms with Gasteiger partial charge in [-0.05, 0) is 42.0 Å². The standard InChI is InChI=1S/C47H56O27/c48-13-28-33(56)36(59)40(63)45(71-28)67-20-5-1-17(2-6-20)3-8-31(54)65-16-30-35(58)38(61)43(74-44-39(62)32(55)24(53)15-66-44)47(73-30)70-27-12-21-25(68-42(27)18-4-7-22(51)23(52)9-18)10-19(50)11-26(21)69-46-41(64)37(60)34(57)29(14-49)72-46/h1-12,24,28-30,32-53,55-64H,13-16H2/p+1. The lowest BCUT2D eigenvalue weighted by atomic mass is 9.97. The molecule has 0 radical (unpaired) electrons. The first-order valence-electron chi connectivity index (χ1n) is 23.0. The molecule has 0 aliphatic carbocycles. The number of benzene rings is 3. The lowest BCUT2D eigenvalue weighted by molar-refractivity contribution is -0.353. The number of esters is 1. The Hall–Kier alpha value is -5.51. The van der Waals surface area contributed by atoms with Gasteiger partial charge in [0.05, 0.1) is 31.5 Å². The summed E-state index contributed by atoms with van der Waals surface area (Å²) in [5, 5.41) is 167. The number of aliphatic hydroxyl groups is 14. The van der Waals surface area contributed by atoms with Crippen LogP contribution in [0.2, 0.25) is 0 Å². The monoisotopic (exact) mass is 1050 g/mol. The van der Waals surface area contributed by atoms with Crippen LogP contribution in [-0.4, -0.2) is 236 Å². The van der Waals surface area contributed by atoms with Crippen molar-refractivity contribution in [3.05, 3.63) is 83.1 Å². The Bertz CT molecular complexity index is 2450. The normalized spacial score (nSPS) is 37.3. The van der Waals surface area contributed by atoms with Gasteiger partial charge in [-0.3, -0.25) is 0 Å². The lowest BCUT2D eigenvalue weighted by Gasteiger charge is -2.45. The first-order valence-corrected chi connectivity index (χ1v) is 23.0. The minimum atomic E-state index is -2.04. The van der Waals surface area contributed by atoms with E-state index in [1.165, 1.54) is 48.6 Å². The summed E-state index contributed by atoms with van der Waals surface area (Å²) < 4.78 is 56.2. The van der Waals surface area contributed by atoms with Gasteiger partial charge in [0.1, 0.15) is 115 Å². The minimum absolute atomic E-state index is 0.0146. The number of fused-ring (bicyclic) bond motifs is 1. The van der Waals surface area contributed by atoms with Crippen molar-refractivity contribution in [1.82, 2.24) is 0 Å². The van der Waals surface area contributed by atoms with Crippen LogP contribution in [0, 0.1) is 0 Å². The summed E-state index contributed by atoms with van der Waals surface area (Å²) in [5.74, 6) is -2.96. The summed E-state index contributed by atoms with van der Waals surface area (Å²) in [7, 11) is 0. The molecule has 5 aliphatic heterocycles. The molecule has 0 spiro atoms. The van der Waals surface area contributed by atoms with Gasteiger partial charge < -0.3 is 129 Å². The number of rotatable bonds is 15. The molecule has 4 saturated heterocycles. The number of hydrogen-bond acceptors (Lipinski definition) is 26. The predicted octanol–water partition coefficient (Wildman–Crippen LogP) is -4.96. The second-order valence-corrected chi connectivity index (χ2v) is 17.9. The molecule has 8 rings (SSSR count). The molecule has 406 valence electrons. The van der Waals surface area contributed by atoms with E-state index in [0.29, 0.717) is 5.56 Å². The second kappa shape index (κ2) is 23.2. The fourth-order valence-electron chi connectivity index (χ4n) is 8.51. The molecule has 4 fully saturated rings. The molecule has 3 aromatic rings. The van der Waals surface area contributed by atoms with Gasteiger partial charge in [0.15, 0.2) is 29.7 Å². The molecule has 74 heavy (non-hydrogen) atoms. The minimum Gasteiger partial charge on any atom is -0.571 e. The molecule has 27 heteroatoms. The fraction of sp³-hybridized carbons (Fsp3) is 0.511. The number of phenolic OH excluding ortho intramolecular Hbond substituents is 3. The number of carbonyl (C=O) groups is 1. The number of aliphatic hydroxyl groups excluding tert-OH is 13. The molecule has 20 unspecified atom stereocenters. The summed E-state index contributed by atoms with van der Waals surface area (Å²) in [6, 6.07) is 11.7. The van der Waals surface area contributed by atoms with Gasteiger partial charge >= 0.3 is 5.97 Å². The average Bonchev–Trinajstić information content (AvgIpc) is 3.38. The van der Waals surface area contributed by atoms with Crippen LogP contribution in [0.1, 0.15) is 22.8 Å². The van der Waals surface area contributed by atoms with Crippen LogP contribution in [0.5, 0.6) is 34.5 Å². The third kappa shape index (κ3) is 11.6. The Morgan fingerprint density at radius 2 is 1.23 bits per heavy atom. The van der Waals surface area contributed by atoms with Crippen LogP contribution in [0.25, 0.3) is 12.2 Å². The smallest absolute Gasteiger partial charge is 0.330 e. The topological polar surface area (TPSA) is 437 Å². The molecule has 5 heterocycles. The number of carbonyl (C=O) groups excluding carboxylic acids is 1. The summed E-state index contributed by atoms with van der Waals surface area (Å²) in [5.41, 5.74) is 0.535. The van der Waals surface area contributed by atoms with E-state index in [0.717, 1.165) is 24.3 Å². The zero-order chi connectivity index (χ0) is 53.3. The van der Waals surface area contributed by atoms with Crippen LogP contribution < -0.4 is 9.47 Å². The number of aromatic hydroxyl groups is 4. The van der Waals surface area contributed by atoms with E-state index in [9.17, 15) is 86.5 Å². The van der Waals surface area contributed by atoms with E-state index in [4.69, 9.17) is 42.6 Å². The van der Waals surface area contributed by atoms with Gasteiger partial charge in [-0.2, -0.15) is 0 Å². The first-order chi connectivity index (χ1) is 35.3. The molecule has 27 nitrogen and oxygen atoms in total. The van der Waals surface area contributed by atoms with Gasteiger partial charge in [0.25, 0.3) is 11.9 Å². The zero-order valence-corrected chi connectivity index (χ0v) is 38.5. The summed E-state index contributed by atoms with van der Waals surface area (Å²) in [6.45, 7) is -2.77. The fourth-order valence-corrected chi connectivity index (χ4v) is 8.51. The van der Waals surface area contributed by atoms with Gasteiger partial charge in [-0.1, -0.05) is 12.1 Å². The number of ether oxygens (including phenoxy) is 10. The highest BCUT2D eigenvalue weighted by Crippen LogP contribution is 2.47. The highest BCUT2D eigenvalue weighted by molar-refractivity contribution is 5.87. The Kier molecular flexibility index (Phi) is 17.1. The van der Waals surface area contributed by atoms with E-state index in [2.05, 4.69) is 4.74 Å². The van der Waals surface area contributed by atoms with Gasteiger partial charge in [-0.15, -0.1) is 0 Å². The zero-order valence-electron chi connectivity index (χ0n) is 38.5. The molecule has 17 N–H and O–H groups in total. The summed E-state index contributed by atoms with van der Waals surface area (Å²) >= 11 is 0. The van der Waals surface area contributed by atoms with Gasteiger partial charge in [0, 0.05) is 18.2 Å². The first kappa shape index (κ1) is 54.7. The van der Waals surface area contributed by atoms with Crippen molar-refractivity contribution in [2.24, 2.45) is 0 Å². The quantitative estimate of drug-likeness (QED) is 0.0293. The highest BCUT2D eigenvalue weighted by atomic mass is 16.8. The number of hydrogen-bond donors (Lipinski definition) is 16. The van der Waals surface area contributed by atoms with Crippen molar-refractivity contribution in [2.45, 2.75) is 123 Å². The Morgan fingerprint density at radius 3 is 1.86 bits per heavy atom. The molecule has 0 bridgehead atoms. The van der Waals surface area contributed by atoms with E-state index < -0.39 is 172 Å². The Labute approximate surface area is 418 Å². The molecular weight excluding hydrogens is 996 g/mol. The molecule has 0 saturated carbocycles. The molecule has 3 aromatic carbocycles. The molecule has 0 amide bonds. The van der Waals surface area contributed by atoms with Crippen LogP contribution in [0.3, 0.4) is 0 Å². The molecular formula is C47H57O27+. The summed E-state index contributed by atoms with van der Waals surface area (Å²) in [6.07, 6.45) is -30.4. The molecule has 0 aromatic heterocycles. The van der Waals surface area contributed by atoms with Crippen molar-refractivity contribution in [1.29, 1.82) is 0 Å². The van der Waals surface area contributed by atoms with Crippen LogP contribution in [0.15, 0.2) is 66.4 Å². The SMILES string of the molecule is O=C(C=Cc1ccc(OC2OC(CO)C(O)C(O)C2O)cc1)OCC1OC(OC2=Cc3c(OC4OC(CO)C(O)C(O)C4O)cc(O)cc3[OH+]C2c2ccc(O)c(O)c2)C(OC2OCC(O)C(O)C2O)C(O)C1O. The maximum atomic E-state index is 13.1. The summed E-state index contributed by atoms with van der Waals surface area (Å²) in [4.78, 5) is 13.1. The van der Waals surface area contributed by atoms with Crippen molar-refractivity contribution >= 4 is 18.1 Å². The highest BCUT2D eigenvalue weighted by Gasteiger charge is 2.52. The second-order valence-electron chi connectivity index (χ2n) is 17.9. The van der Waals surface area contributed by atoms with Crippen LogP contribution in [0.4, 0.5) is 0 Å². The van der Waals surface area contributed by atoms with Crippen molar-refractivity contribution in [2.75, 3.05) is 26.4 Å². The van der Waals surface area contributed by atoms with E-state index in [1.54, 1.807) is 0 Å². The maximum absolute atomic E-state index is 13.1. The van der Waals surface area contributed by atoms with E-state index in [1.807, 2.05) is 0 Å². The number of phenols is 3. The van der Waals surface area contributed by atoms with Crippen molar-refractivity contribution < 1.29 is 134 Å². The maximum Gasteiger partial charge on any atom is 0.330 e. The third-order valence-corrected chi connectivity index (χ3v) is 12.8. The third-order valence-electron chi connectivity index (χ3n) is 12.8. The predicted molar refractivity (Wildman–Crippen MR) is 240 cm³/mol. The average molecular weight is 1050 g/mol. The lowest BCUT2D eigenvalue weighted by Crippen LogP contribution is -2.63.